The maximum absolute atomic E-state index is 14.1. The van der Waals surface area contributed by atoms with Crippen LogP contribution >= 0.6 is 0 Å². The van der Waals surface area contributed by atoms with E-state index in [-0.39, 0.29) is 5.56 Å². The van der Waals surface area contributed by atoms with Gasteiger partial charge < -0.3 is 10.6 Å². The molecule has 3 rings (SSSR count). The first-order valence-electron chi connectivity index (χ1n) is 6.69. The number of carbonyl (C=O) groups is 1. The number of para-hydroxylation sites is 1. The predicted molar refractivity (Wildman–Crippen MR) is 80.2 cm³/mol. The van der Waals surface area contributed by atoms with Gasteiger partial charge in [0, 0.05) is 17.8 Å². The first-order chi connectivity index (χ1) is 10.2. The van der Waals surface area contributed by atoms with Gasteiger partial charge in [0.2, 0.25) is 0 Å². The normalized spacial score (nSPS) is 13.5. The lowest BCUT2D eigenvalue weighted by atomic mass is 10.1. The standard InChI is InChI=1S/C16H14FN3O/c17-14-10-11(15-18-8-9-19-15)6-7-13(14)16(21)20-12-4-2-1-3-5-12/h1-7,10H,8-9H2,(H,18,19)(H,20,21). The van der Waals surface area contributed by atoms with E-state index < -0.39 is 11.7 Å². The van der Waals surface area contributed by atoms with Gasteiger partial charge in [-0.05, 0) is 24.3 Å². The molecular formula is C16H14FN3O. The highest BCUT2D eigenvalue weighted by Gasteiger charge is 2.15. The summed E-state index contributed by atoms with van der Waals surface area (Å²) in [5, 5.41) is 5.73. The van der Waals surface area contributed by atoms with Crippen LogP contribution in [0.1, 0.15) is 15.9 Å². The van der Waals surface area contributed by atoms with Gasteiger partial charge >= 0.3 is 0 Å². The Morgan fingerprint density at radius 2 is 2.00 bits per heavy atom. The summed E-state index contributed by atoms with van der Waals surface area (Å²) in [5.41, 5.74) is 1.30. The summed E-state index contributed by atoms with van der Waals surface area (Å²) in [4.78, 5) is 16.3. The SMILES string of the molecule is O=C(Nc1ccccc1)c1ccc(C2=NCCN2)cc1F. The second-order valence-corrected chi connectivity index (χ2v) is 4.67. The summed E-state index contributed by atoms with van der Waals surface area (Å²) < 4.78 is 14.1. The number of halogens is 1. The summed E-state index contributed by atoms with van der Waals surface area (Å²) in [5.74, 6) is -0.354. The van der Waals surface area contributed by atoms with Gasteiger partial charge in [-0.2, -0.15) is 0 Å². The number of amidine groups is 1. The molecule has 1 aliphatic rings. The average molecular weight is 283 g/mol. The molecule has 2 aromatic rings. The number of hydrogen-bond donors (Lipinski definition) is 2. The Labute approximate surface area is 121 Å². The number of rotatable bonds is 3. The van der Waals surface area contributed by atoms with Crippen LogP contribution < -0.4 is 10.6 Å². The van der Waals surface area contributed by atoms with Crippen LogP contribution in [-0.2, 0) is 0 Å². The molecule has 2 aromatic carbocycles. The first-order valence-corrected chi connectivity index (χ1v) is 6.69. The van der Waals surface area contributed by atoms with Gasteiger partial charge in [0.05, 0.1) is 12.1 Å². The highest BCUT2D eigenvalue weighted by Crippen LogP contribution is 2.14. The zero-order valence-electron chi connectivity index (χ0n) is 11.3. The molecule has 1 heterocycles. The Hall–Kier alpha value is -2.69. The molecule has 106 valence electrons. The Morgan fingerprint density at radius 1 is 1.19 bits per heavy atom. The molecule has 0 aliphatic carbocycles. The Kier molecular flexibility index (Phi) is 3.64. The zero-order valence-corrected chi connectivity index (χ0v) is 11.3. The third-order valence-electron chi connectivity index (χ3n) is 3.19. The number of anilines is 1. The molecular weight excluding hydrogens is 269 g/mol. The molecule has 4 nitrogen and oxygen atoms in total. The lowest BCUT2D eigenvalue weighted by molar-refractivity contribution is 0.102. The third-order valence-corrected chi connectivity index (χ3v) is 3.19. The molecule has 0 aromatic heterocycles. The second-order valence-electron chi connectivity index (χ2n) is 4.67. The van der Waals surface area contributed by atoms with Gasteiger partial charge in [-0.25, -0.2) is 4.39 Å². The van der Waals surface area contributed by atoms with Crippen molar-refractivity contribution in [2.24, 2.45) is 4.99 Å². The molecule has 0 spiro atoms. The Balaban J connectivity index is 1.80. The summed E-state index contributed by atoms with van der Waals surface area (Å²) >= 11 is 0. The average Bonchev–Trinajstić information content (AvgIpc) is 3.02. The highest BCUT2D eigenvalue weighted by atomic mass is 19.1. The van der Waals surface area contributed by atoms with Crippen molar-refractivity contribution in [2.75, 3.05) is 18.4 Å². The minimum absolute atomic E-state index is 0.0150. The monoisotopic (exact) mass is 283 g/mol. The van der Waals surface area contributed by atoms with E-state index in [1.54, 1.807) is 30.3 Å². The molecule has 0 unspecified atom stereocenters. The molecule has 0 bridgehead atoms. The molecule has 0 atom stereocenters. The van der Waals surface area contributed by atoms with E-state index >= 15 is 0 Å². The van der Waals surface area contributed by atoms with Crippen LogP contribution in [0.3, 0.4) is 0 Å². The van der Waals surface area contributed by atoms with Gasteiger partial charge in [-0.1, -0.05) is 24.3 Å². The van der Waals surface area contributed by atoms with Crippen LogP contribution in [0.5, 0.6) is 0 Å². The van der Waals surface area contributed by atoms with Gasteiger partial charge in [-0.15, -0.1) is 0 Å². The van der Waals surface area contributed by atoms with Gasteiger partial charge in [-0.3, -0.25) is 9.79 Å². The summed E-state index contributed by atoms with van der Waals surface area (Å²) in [6.07, 6.45) is 0. The molecule has 21 heavy (non-hydrogen) atoms. The fourth-order valence-corrected chi connectivity index (χ4v) is 2.16. The number of aliphatic imine (C=N–C) groups is 1. The third kappa shape index (κ3) is 2.91. The van der Waals surface area contributed by atoms with Crippen molar-refractivity contribution in [1.29, 1.82) is 0 Å². The molecule has 2 N–H and O–H groups in total. The quantitative estimate of drug-likeness (QED) is 0.909. The second kappa shape index (κ2) is 5.75. The number of carbonyl (C=O) groups excluding carboxylic acids is 1. The molecule has 0 fully saturated rings. The minimum Gasteiger partial charge on any atom is -0.368 e. The van der Waals surface area contributed by atoms with Crippen LogP contribution in [0, 0.1) is 5.82 Å². The first kappa shape index (κ1) is 13.3. The van der Waals surface area contributed by atoms with Crippen molar-refractivity contribution >= 4 is 17.4 Å². The fourth-order valence-electron chi connectivity index (χ4n) is 2.16. The molecule has 0 saturated carbocycles. The molecule has 0 saturated heterocycles. The van der Waals surface area contributed by atoms with E-state index in [1.165, 1.54) is 12.1 Å². The van der Waals surface area contributed by atoms with Crippen LogP contribution in [-0.4, -0.2) is 24.8 Å². The number of hydrogen-bond acceptors (Lipinski definition) is 3. The van der Waals surface area contributed by atoms with Gasteiger partial charge in [0.25, 0.3) is 5.91 Å². The summed E-state index contributed by atoms with van der Waals surface area (Å²) in [6, 6.07) is 13.5. The molecule has 5 heteroatoms. The van der Waals surface area contributed by atoms with Crippen molar-refractivity contribution in [1.82, 2.24) is 5.32 Å². The highest BCUT2D eigenvalue weighted by molar-refractivity contribution is 6.06. The molecule has 0 radical (unpaired) electrons. The number of nitrogens with one attached hydrogen (secondary N) is 2. The van der Waals surface area contributed by atoms with Crippen LogP contribution in [0.15, 0.2) is 53.5 Å². The number of nitrogens with zero attached hydrogens (tertiary/aromatic N) is 1. The van der Waals surface area contributed by atoms with Gasteiger partial charge in [0.1, 0.15) is 11.7 Å². The molecule has 1 aliphatic heterocycles. The molecule has 1 amide bonds. The maximum Gasteiger partial charge on any atom is 0.258 e. The van der Waals surface area contributed by atoms with E-state index in [4.69, 9.17) is 0 Å². The lowest BCUT2D eigenvalue weighted by Crippen LogP contribution is -2.20. The van der Waals surface area contributed by atoms with Gasteiger partial charge in [0.15, 0.2) is 0 Å². The van der Waals surface area contributed by atoms with Crippen molar-refractivity contribution in [3.63, 3.8) is 0 Å². The van der Waals surface area contributed by atoms with E-state index in [0.29, 0.717) is 23.6 Å². The Morgan fingerprint density at radius 3 is 2.67 bits per heavy atom. The Bertz CT molecular complexity index is 698. The number of benzene rings is 2. The van der Waals surface area contributed by atoms with Crippen LogP contribution in [0.2, 0.25) is 0 Å². The van der Waals surface area contributed by atoms with Crippen molar-refractivity contribution in [2.45, 2.75) is 0 Å². The van der Waals surface area contributed by atoms with E-state index in [0.717, 1.165) is 6.54 Å². The zero-order chi connectivity index (χ0) is 14.7. The van der Waals surface area contributed by atoms with E-state index in [1.807, 2.05) is 6.07 Å². The van der Waals surface area contributed by atoms with Crippen molar-refractivity contribution in [3.8, 4) is 0 Å². The van der Waals surface area contributed by atoms with Crippen molar-refractivity contribution < 1.29 is 9.18 Å². The van der Waals surface area contributed by atoms with Crippen LogP contribution in [0.25, 0.3) is 0 Å². The number of amides is 1. The topological polar surface area (TPSA) is 53.5 Å². The fraction of sp³-hybridized carbons (Fsp3) is 0.125. The lowest BCUT2D eigenvalue weighted by Gasteiger charge is -2.08. The van der Waals surface area contributed by atoms with E-state index in [9.17, 15) is 9.18 Å². The maximum atomic E-state index is 14.1. The smallest absolute Gasteiger partial charge is 0.258 e. The van der Waals surface area contributed by atoms with E-state index in [2.05, 4.69) is 15.6 Å². The van der Waals surface area contributed by atoms with Crippen molar-refractivity contribution in [3.05, 3.63) is 65.5 Å². The predicted octanol–water partition coefficient (Wildman–Crippen LogP) is 2.43. The summed E-state index contributed by atoms with van der Waals surface area (Å²) in [6.45, 7) is 1.44. The minimum atomic E-state index is -0.558. The van der Waals surface area contributed by atoms with Crippen LogP contribution in [0.4, 0.5) is 10.1 Å². The largest absolute Gasteiger partial charge is 0.368 e. The summed E-state index contributed by atoms with van der Waals surface area (Å²) in [7, 11) is 0.